The number of nitro groups is 1. The van der Waals surface area contributed by atoms with E-state index < -0.39 is 14.8 Å². The summed E-state index contributed by atoms with van der Waals surface area (Å²) in [5.41, 5.74) is 4.34. The van der Waals surface area contributed by atoms with E-state index in [0.717, 1.165) is 4.90 Å². The van der Waals surface area contributed by atoms with Gasteiger partial charge in [-0.1, -0.05) is 0 Å². The van der Waals surface area contributed by atoms with Crippen LogP contribution < -0.4 is 5.73 Å². The van der Waals surface area contributed by atoms with Crippen molar-refractivity contribution in [1.29, 1.82) is 0 Å². The maximum absolute atomic E-state index is 11.3. The van der Waals surface area contributed by atoms with Gasteiger partial charge in [0.15, 0.2) is 9.84 Å². The standard InChI is InChI=1S/C10H12N2O4S2/c11-9-5-7(12(13)14)1-2-10(9)17-8-3-4-18(15,16)6-8/h1-2,5,8H,3-4,6,11H2/p+1. The van der Waals surface area contributed by atoms with Gasteiger partial charge in [0.2, 0.25) is 0 Å². The second kappa shape index (κ2) is 4.87. The van der Waals surface area contributed by atoms with Crippen LogP contribution in [0.15, 0.2) is 23.1 Å². The quantitative estimate of drug-likeness (QED) is 0.653. The highest BCUT2D eigenvalue weighted by atomic mass is 32.2. The van der Waals surface area contributed by atoms with Gasteiger partial charge in [0.1, 0.15) is 5.69 Å². The van der Waals surface area contributed by atoms with Gasteiger partial charge in [-0.3, -0.25) is 10.1 Å². The Morgan fingerprint density at radius 1 is 1.44 bits per heavy atom. The molecule has 1 atom stereocenters. The fourth-order valence-electron chi connectivity index (χ4n) is 1.83. The van der Waals surface area contributed by atoms with Crippen LogP contribution in [-0.2, 0) is 9.84 Å². The minimum atomic E-state index is -2.90. The first kappa shape index (κ1) is 13.3. The fraction of sp³-hybridized carbons (Fsp3) is 0.400. The first-order valence-corrected chi connectivity index (χ1v) is 8.05. The van der Waals surface area contributed by atoms with E-state index in [1.54, 1.807) is 6.07 Å². The Hall–Kier alpha value is -1.12. The molecule has 3 N–H and O–H groups in total. The van der Waals surface area contributed by atoms with Crippen molar-refractivity contribution in [2.24, 2.45) is 0 Å². The third-order valence-electron chi connectivity index (χ3n) is 2.74. The summed E-state index contributed by atoms with van der Waals surface area (Å²) in [7, 11) is -2.90. The average Bonchev–Trinajstić information content (AvgIpc) is 2.61. The van der Waals surface area contributed by atoms with Crippen molar-refractivity contribution in [1.82, 2.24) is 0 Å². The van der Waals surface area contributed by atoms with Crippen LogP contribution in [0.4, 0.5) is 11.4 Å². The Balaban J connectivity index is 2.13. The molecule has 18 heavy (non-hydrogen) atoms. The molecule has 1 aromatic carbocycles. The van der Waals surface area contributed by atoms with Crippen molar-refractivity contribution in [2.45, 2.75) is 16.6 Å². The smallest absolute Gasteiger partial charge is 0.275 e. The van der Waals surface area contributed by atoms with Crippen LogP contribution in [0.25, 0.3) is 0 Å². The molecule has 1 saturated heterocycles. The van der Waals surface area contributed by atoms with E-state index >= 15 is 0 Å². The zero-order chi connectivity index (χ0) is 13.3. The van der Waals surface area contributed by atoms with E-state index in [9.17, 15) is 18.5 Å². The summed E-state index contributed by atoms with van der Waals surface area (Å²) in [4.78, 5) is 10.9. The topological polar surface area (TPSA) is 105 Å². The number of rotatable bonds is 3. The van der Waals surface area contributed by atoms with E-state index in [4.69, 9.17) is 0 Å². The van der Waals surface area contributed by atoms with Crippen LogP contribution in [-0.4, -0.2) is 30.1 Å². The maximum Gasteiger partial charge on any atom is 0.275 e. The highest BCUT2D eigenvalue weighted by Gasteiger charge is 2.29. The van der Waals surface area contributed by atoms with Gasteiger partial charge in [0.05, 0.1) is 27.4 Å². The van der Waals surface area contributed by atoms with Crippen molar-refractivity contribution in [3.8, 4) is 0 Å². The second-order valence-corrected chi connectivity index (χ2v) is 7.76. The van der Waals surface area contributed by atoms with E-state index in [1.165, 1.54) is 23.9 Å². The SMILES string of the molecule is [NH3+]c1cc([N+](=O)[O-])ccc1SC1CCS(=O)(=O)C1. The Morgan fingerprint density at radius 3 is 2.67 bits per heavy atom. The number of hydrogen-bond acceptors (Lipinski definition) is 5. The van der Waals surface area contributed by atoms with Gasteiger partial charge in [-0.05, 0) is 12.5 Å². The lowest BCUT2D eigenvalue weighted by atomic mass is 10.3. The summed E-state index contributed by atoms with van der Waals surface area (Å²) in [6.07, 6.45) is 0.628. The molecule has 2 rings (SSSR count). The molecule has 1 unspecified atom stereocenters. The summed E-state index contributed by atoms with van der Waals surface area (Å²) in [6.45, 7) is 0. The number of thioether (sulfide) groups is 1. The molecule has 0 saturated carbocycles. The first-order valence-electron chi connectivity index (χ1n) is 5.35. The minimum absolute atomic E-state index is 0.00314. The molecule has 8 heteroatoms. The number of quaternary nitrogens is 1. The molecule has 1 heterocycles. The van der Waals surface area contributed by atoms with Gasteiger partial charge in [-0.15, -0.1) is 11.8 Å². The highest BCUT2D eigenvalue weighted by Crippen LogP contribution is 2.35. The van der Waals surface area contributed by atoms with Gasteiger partial charge >= 0.3 is 0 Å². The molecule has 0 aliphatic carbocycles. The summed E-state index contributed by atoms with van der Waals surface area (Å²) in [5.74, 6) is 0.401. The molecule has 1 fully saturated rings. The summed E-state index contributed by atoms with van der Waals surface area (Å²) in [6, 6.07) is 4.46. The third kappa shape index (κ3) is 3.01. The van der Waals surface area contributed by atoms with Crippen LogP contribution in [0.2, 0.25) is 0 Å². The van der Waals surface area contributed by atoms with E-state index in [1.807, 2.05) is 0 Å². The van der Waals surface area contributed by atoms with Crippen LogP contribution in [0.5, 0.6) is 0 Å². The Kier molecular flexibility index (Phi) is 3.60. The van der Waals surface area contributed by atoms with Crippen molar-refractivity contribution in [3.63, 3.8) is 0 Å². The van der Waals surface area contributed by atoms with Gasteiger partial charge in [0.25, 0.3) is 5.69 Å². The molecule has 1 aromatic rings. The molecule has 0 radical (unpaired) electrons. The molecule has 0 amide bonds. The van der Waals surface area contributed by atoms with Crippen molar-refractivity contribution < 1.29 is 19.1 Å². The zero-order valence-electron chi connectivity index (χ0n) is 9.53. The van der Waals surface area contributed by atoms with Gasteiger partial charge in [0, 0.05) is 11.3 Å². The molecule has 1 aliphatic rings. The fourth-order valence-corrected chi connectivity index (χ4v) is 5.37. The largest absolute Gasteiger partial charge is 0.324 e. The van der Waals surface area contributed by atoms with Crippen molar-refractivity contribution >= 4 is 33.0 Å². The van der Waals surface area contributed by atoms with Gasteiger partial charge in [-0.2, -0.15) is 0 Å². The van der Waals surface area contributed by atoms with Gasteiger partial charge in [-0.25, -0.2) is 8.42 Å². The van der Waals surface area contributed by atoms with Crippen molar-refractivity contribution in [3.05, 3.63) is 28.3 Å². The predicted octanol–water partition coefficient (Wildman–Crippen LogP) is 0.747. The molecule has 1 aliphatic heterocycles. The number of non-ortho nitro benzene ring substituents is 1. The maximum atomic E-state index is 11.3. The van der Waals surface area contributed by atoms with Crippen LogP contribution in [0.3, 0.4) is 0 Å². The predicted molar refractivity (Wildman–Crippen MR) is 68.6 cm³/mol. The lowest BCUT2D eigenvalue weighted by Gasteiger charge is -2.07. The number of benzene rings is 1. The van der Waals surface area contributed by atoms with E-state index in [2.05, 4.69) is 5.73 Å². The average molecular weight is 289 g/mol. The second-order valence-electron chi connectivity index (χ2n) is 4.19. The Bertz CT molecular complexity index is 586. The summed E-state index contributed by atoms with van der Waals surface area (Å²) < 4.78 is 22.7. The molecular formula is C10H13N2O4S2+. The number of hydrogen-bond donors (Lipinski definition) is 1. The minimum Gasteiger partial charge on any atom is -0.324 e. The monoisotopic (exact) mass is 289 g/mol. The summed E-state index contributed by atoms with van der Waals surface area (Å²) >= 11 is 1.44. The number of sulfone groups is 1. The summed E-state index contributed by atoms with van der Waals surface area (Å²) in [5, 5.41) is 10.6. The van der Waals surface area contributed by atoms with Crippen LogP contribution >= 0.6 is 11.8 Å². The van der Waals surface area contributed by atoms with E-state index in [-0.39, 0.29) is 22.4 Å². The highest BCUT2D eigenvalue weighted by molar-refractivity contribution is 8.02. The molecule has 0 spiro atoms. The number of nitrogens with zero attached hydrogens (tertiary/aromatic N) is 1. The normalized spacial score (nSPS) is 21.9. The lowest BCUT2D eigenvalue weighted by Crippen LogP contribution is -2.41. The number of nitro benzene ring substituents is 1. The molecule has 98 valence electrons. The zero-order valence-corrected chi connectivity index (χ0v) is 11.2. The Labute approximate surface area is 109 Å². The molecular weight excluding hydrogens is 276 g/mol. The van der Waals surface area contributed by atoms with Crippen molar-refractivity contribution in [2.75, 3.05) is 11.5 Å². The molecule has 6 nitrogen and oxygen atoms in total. The molecule has 0 bridgehead atoms. The Morgan fingerprint density at radius 2 is 2.17 bits per heavy atom. The first-order chi connectivity index (χ1) is 8.37. The third-order valence-corrected chi connectivity index (χ3v) is 6.11. The lowest BCUT2D eigenvalue weighted by molar-refractivity contribution is -0.385. The van der Waals surface area contributed by atoms with Crippen LogP contribution in [0.1, 0.15) is 6.42 Å². The molecule has 0 aromatic heterocycles. The van der Waals surface area contributed by atoms with E-state index in [0.29, 0.717) is 12.1 Å². The van der Waals surface area contributed by atoms with Gasteiger partial charge < -0.3 is 5.73 Å². The van der Waals surface area contributed by atoms with Crippen LogP contribution in [0, 0.1) is 10.1 Å².